The van der Waals surface area contributed by atoms with Crippen molar-refractivity contribution in [3.63, 3.8) is 0 Å². The molecular formula is C14H23NO2. The Balaban J connectivity index is 4.20. The van der Waals surface area contributed by atoms with Crippen molar-refractivity contribution in [2.45, 2.75) is 32.7 Å². The zero-order valence-electron chi connectivity index (χ0n) is 11.0. The number of ether oxygens (including phenoxy) is 1. The molecule has 1 unspecified atom stereocenters. The number of carbonyl (C=O) groups is 1. The molecule has 0 saturated carbocycles. The Morgan fingerprint density at radius 2 is 1.88 bits per heavy atom. The van der Waals surface area contributed by atoms with Gasteiger partial charge in [0.1, 0.15) is 0 Å². The molecule has 3 nitrogen and oxygen atoms in total. The molecule has 0 radical (unpaired) electrons. The van der Waals surface area contributed by atoms with Crippen LogP contribution in [0.4, 0.5) is 0 Å². The van der Waals surface area contributed by atoms with Crippen LogP contribution in [-0.2, 0) is 9.53 Å². The van der Waals surface area contributed by atoms with E-state index in [-0.39, 0.29) is 6.04 Å². The number of rotatable bonds is 7. The summed E-state index contributed by atoms with van der Waals surface area (Å²) in [5.41, 5.74) is 7.06. The van der Waals surface area contributed by atoms with E-state index in [1.165, 1.54) is 7.11 Å². The molecule has 1 atom stereocenters. The average Bonchev–Trinajstić information content (AvgIpc) is 2.31. The van der Waals surface area contributed by atoms with Crippen molar-refractivity contribution in [2.24, 2.45) is 11.7 Å². The van der Waals surface area contributed by atoms with E-state index in [1.54, 1.807) is 12.2 Å². The van der Waals surface area contributed by atoms with Gasteiger partial charge in [0.05, 0.1) is 12.7 Å². The molecule has 0 bridgehead atoms. The lowest BCUT2D eigenvalue weighted by atomic mass is 9.98. The van der Waals surface area contributed by atoms with Gasteiger partial charge in [-0.25, -0.2) is 4.79 Å². The fraction of sp³-hybridized carbons (Fsp3) is 0.500. The highest BCUT2D eigenvalue weighted by atomic mass is 16.5. The number of carbonyl (C=O) groups excluding carboxylic acids is 1. The van der Waals surface area contributed by atoms with E-state index >= 15 is 0 Å². The molecule has 17 heavy (non-hydrogen) atoms. The summed E-state index contributed by atoms with van der Waals surface area (Å²) in [6, 6.07) is -0.0703. The maximum atomic E-state index is 11.1. The van der Waals surface area contributed by atoms with Gasteiger partial charge in [-0.15, -0.1) is 0 Å². The van der Waals surface area contributed by atoms with Crippen LogP contribution in [0.2, 0.25) is 0 Å². The lowest BCUT2D eigenvalue weighted by Crippen LogP contribution is -2.21. The molecule has 0 amide bonds. The van der Waals surface area contributed by atoms with Gasteiger partial charge in [-0.3, -0.25) is 0 Å². The van der Waals surface area contributed by atoms with Gasteiger partial charge in [0, 0.05) is 6.04 Å². The zero-order valence-corrected chi connectivity index (χ0v) is 11.0. The predicted molar refractivity (Wildman–Crippen MR) is 71.5 cm³/mol. The molecule has 0 aliphatic carbocycles. The fourth-order valence-electron chi connectivity index (χ4n) is 1.23. The van der Waals surface area contributed by atoms with Crippen LogP contribution in [-0.4, -0.2) is 19.1 Å². The highest BCUT2D eigenvalue weighted by Gasteiger charge is 2.07. The van der Waals surface area contributed by atoms with E-state index in [1.807, 2.05) is 0 Å². The Bertz CT molecular complexity index is 316. The highest BCUT2D eigenvalue weighted by molar-refractivity contribution is 5.90. The molecule has 0 aliphatic rings. The molecular weight excluding hydrogens is 214 g/mol. The fourth-order valence-corrected chi connectivity index (χ4v) is 1.23. The monoisotopic (exact) mass is 237 g/mol. The third kappa shape index (κ3) is 6.74. The molecule has 0 spiro atoms. The van der Waals surface area contributed by atoms with Gasteiger partial charge < -0.3 is 10.5 Å². The SMILES string of the molecule is C=C(/C=C\C(=C)C(N)CCC(C)C)C(=O)OC. The minimum absolute atomic E-state index is 0.0703. The lowest BCUT2D eigenvalue weighted by molar-refractivity contribution is -0.135. The largest absolute Gasteiger partial charge is 0.465 e. The van der Waals surface area contributed by atoms with Crippen LogP contribution in [0.25, 0.3) is 0 Å². The number of hydrogen-bond acceptors (Lipinski definition) is 3. The van der Waals surface area contributed by atoms with Gasteiger partial charge >= 0.3 is 5.97 Å². The Hall–Kier alpha value is -1.35. The first kappa shape index (κ1) is 15.7. The summed E-state index contributed by atoms with van der Waals surface area (Å²) in [5.74, 6) is 0.188. The standard InChI is InChI=1S/C14H23NO2/c1-10(2)6-9-13(15)11(3)7-8-12(4)14(16)17-5/h7-8,10,13H,3-4,6,9,15H2,1-2,5H3/b8-7-. The van der Waals surface area contributed by atoms with Crippen molar-refractivity contribution in [3.05, 3.63) is 36.5 Å². The smallest absolute Gasteiger partial charge is 0.337 e. The second kappa shape index (κ2) is 7.85. The minimum atomic E-state index is -0.440. The Labute approximate surface area is 104 Å². The van der Waals surface area contributed by atoms with Crippen molar-refractivity contribution in [3.8, 4) is 0 Å². The normalized spacial score (nSPS) is 12.8. The Morgan fingerprint density at radius 3 is 2.35 bits per heavy atom. The van der Waals surface area contributed by atoms with Crippen LogP contribution in [0.1, 0.15) is 26.7 Å². The first-order chi connectivity index (χ1) is 7.88. The molecule has 96 valence electrons. The molecule has 2 N–H and O–H groups in total. The van der Waals surface area contributed by atoms with E-state index in [0.717, 1.165) is 18.4 Å². The third-order valence-corrected chi connectivity index (χ3v) is 2.48. The maximum Gasteiger partial charge on any atom is 0.337 e. The van der Waals surface area contributed by atoms with Gasteiger partial charge in [-0.2, -0.15) is 0 Å². The summed E-state index contributed by atoms with van der Waals surface area (Å²) in [4.78, 5) is 11.1. The van der Waals surface area contributed by atoms with Crippen molar-refractivity contribution in [2.75, 3.05) is 7.11 Å². The quantitative estimate of drug-likeness (QED) is 0.420. The maximum absolute atomic E-state index is 11.1. The van der Waals surface area contributed by atoms with Gasteiger partial charge in [0.2, 0.25) is 0 Å². The Morgan fingerprint density at radius 1 is 1.29 bits per heavy atom. The molecule has 0 saturated heterocycles. The summed E-state index contributed by atoms with van der Waals surface area (Å²) in [5, 5.41) is 0. The van der Waals surface area contributed by atoms with E-state index in [9.17, 15) is 4.79 Å². The van der Waals surface area contributed by atoms with Crippen LogP contribution >= 0.6 is 0 Å². The highest BCUT2D eigenvalue weighted by Crippen LogP contribution is 2.11. The summed E-state index contributed by atoms with van der Waals surface area (Å²) >= 11 is 0. The molecule has 0 aliphatic heterocycles. The molecule has 0 aromatic heterocycles. The zero-order chi connectivity index (χ0) is 13.4. The number of nitrogens with two attached hydrogens (primary N) is 1. The second-order valence-corrected chi connectivity index (χ2v) is 4.50. The summed E-state index contributed by atoms with van der Waals surface area (Å²) in [6.45, 7) is 11.8. The molecule has 0 rings (SSSR count). The van der Waals surface area contributed by atoms with Gasteiger partial charge in [0.15, 0.2) is 0 Å². The molecule has 0 heterocycles. The third-order valence-electron chi connectivity index (χ3n) is 2.48. The molecule has 0 fully saturated rings. The van der Waals surface area contributed by atoms with Gasteiger partial charge in [0.25, 0.3) is 0 Å². The number of esters is 1. The molecule has 0 aromatic carbocycles. The van der Waals surface area contributed by atoms with Gasteiger partial charge in [-0.1, -0.05) is 33.1 Å². The Kier molecular flexibility index (Phi) is 7.22. The number of methoxy groups -OCH3 is 1. The minimum Gasteiger partial charge on any atom is -0.465 e. The number of hydrogen-bond donors (Lipinski definition) is 1. The van der Waals surface area contributed by atoms with Crippen molar-refractivity contribution >= 4 is 5.97 Å². The molecule has 3 heteroatoms. The summed E-state index contributed by atoms with van der Waals surface area (Å²) in [6.07, 6.45) is 5.27. The lowest BCUT2D eigenvalue weighted by Gasteiger charge is -2.13. The predicted octanol–water partition coefficient (Wildman–Crippen LogP) is 2.59. The van der Waals surface area contributed by atoms with Crippen LogP contribution < -0.4 is 5.73 Å². The van der Waals surface area contributed by atoms with Crippen molar-refractivity contribution in [1.82, 2.24) is 0 Å². The van der Waals surface area contributed by atoms with E-state index in [4.69, 9.17) is 5.73 Å². The van der Waals surface area contributed by atoms with Crippen molar-refractivity contribution < 1.29 is 9.53 Å². The van der Waals surface area contributed by atoms with E-state index < -0.39 is 5.97 Å². The van der Waals surface area contributed by atoms with Crippen molar-refractivity contribution in [1.29, 1.82) is 0 Å². The first-order valence-corrected chi connectivity index (χ1v) is 5.78. The molecule has 0 aromatic rings. The summed E-state index contributed by atoms with van der Waals surface area (Å²) in [7, 11) is 1.32. The van der Waals surface area contributed by atoms with Crippen LogP contribution in [0, 0.1) is 5.92 Å². The topological polar surface area (TPSA) is 52.3 Å². The van der Waals surface area contributed by atoms with Crippen LogP contribution in [0.5, 0.6) is 0 Å². The van der Waals surface area contributed by atoms with Crippen LogP contribution in [0.3, 0.4) is 0 Å². The van der Waals surface area contributed by atoms with E-state index in [0.29, 0.717) is 11.5 Å². The summed E-state index contributed by atoms with van der Waals surface area (Å²) < 4.78 is 4.53. The average molecular weight is 237 g/mol. The first-order valence-electron chi connectivity index (χ1n) is 5.78. The van der Waals surface area contributed by atoms with E-state index in [2.05, 4.69) is 31.7 Å². The second-order valence-electron chi connectivity index (χ2n) is 4.50. The van der Waals surface area contributed by atoms with Gasteiger partial charge in [-0.05, 0) is 30.4 Å². The van der Waals surface area contributed by atoms with Crippen LogP contribution in [0.15, 0.2) is 36.5 Å².